The van der Waals surface area contributed by atoms with Gasteiger partial charge in [0.15, 0.2) is 0 Å². The quantitative estimate of drug-likeness (QED) is 0.516. The highest BCUT2D eigenvalue weighted by atomic mass is 16.5. The first-order chi connectivity index (χ1) is 16.4. The van der Waals surface area contributed by atoms with Crippen LogP contribution in [0.15, 0.2) is 66.4 Å². The lowest BCUT2D eigenvalue weighted by Crippen LogP contribution is -2.32. The molecule has 3 aromatic rings. The molecule has 0 aliphatic carbocycles. The van der Waals surface area contributed by atoms with E-state index < -0.39 is 11.8 Å². The highest BCUT2D eigenvalue weighted by Crippen LogP contribution is 2.39. The topological polar surface area (TPSA) is 77.1 Å². The van der Waals surface area contributed by atoms with Crippen molar-refractivity contribution in [3.63, 3.8) is 0 Å². The van der Waals surface area contributed by atoms with Gasteiger partial charge in [-0.05, 0) is 55.3 Å². The van der Waals surface area contributed by atoms with E-state index in [1.807, 2.05) is 32.0 Å². The molecule has 2 amide bonds. The third-order valence-corrected chi connectivity index (χ3v) is 5.88. The number of rotatable bonds is 7. The molecular weight excluding hydrogens is 432 g/mol. The lowest BCUT2D eigenvalue weighted by Gasteiger charge is -2.17. The van der Waals surface area contributed by atoms with E-state index in [2.05, 4.69) is 5.32 Å². The first-order valence-electron chi connectivity index (χ1n) is 10.7. The van der Waals surface area contributed by atoms with E-state index in [1.54, 1.807) is 49.6 Å². The zero-order valence-corrected chi connectivity index (χ0v) is 19.8. The molecule has 34 heavy (non-hydrogen) atoms. The molecule has 1 heterocycles. The molecule has 4 rings (SSSR count). The summed E-state index contributed by atoms with van der Waals surface area (Å²) in [4.78, 5) is 28.6. The molecular formula is C27H26N2O5. The SMILES string of the molecule is COc1ccc(NC2=C(c3ccccc3OC)C(=O)N(c3ccc(C)c(C)c3)C2=O)c(OC)c1. The Labute approximate surface area is 198 Å². The monoisotopic (exact) mass is 458 g/mol. The summed E-state index contributed by atoms with van der Waals surface area (Å²) in [6, 6.07) is 17.8. The van der Waals surface area contributed by atoms with Crippen molar-refractivity contribution >= 4 is 28.8 Å². The lowest BCUT2D eigenvalue weighted by molar-refractivity contribution is -0.120. The third-order valence-electron chi connectivity index (χ3n) is 5.88. The summed E-state index contributed by atoms with van der Waals surface area (Å²) in [5.74, 6) is 0.657. The number of anilines is 2. The molecule has 0 bridgehead atoms. The summed E-state index contributed by atoms with van der Waals surface area (Å²) >= 11 is 0. The Bertz CT molecular complexity index is 1310. The molecule has 1 N–H and O–H groups in total. The zero-order valence-electron chi connectivity index (χ0n) is 19.8. The van der Waals surface area contributed by atoms with Crippen LogP contribution in [0.5, 0.6) is 17.2 Å². The first kappa shape index (κ1) is 22.9. The van der Waals surface area contributed by atoms with Gasteiger partial charge >= 0.3 is 0 Å². The van der Waals surface area contributed by atoms with Crippen molar-refractivity contribution in [1.82, 2.24) is 0 Å². The van der Waals surface area contributed by atoms with E-state index >= 15 is 0 Å². The minimum Gasteiger partial charge on any atom is -0.497 e. The number of hydrogen-bond donors (Lipinski definition) is 1. The van der Waals surface area contributed by atoms with Crippen molar-refractivity contribution in [2.24, 2.45) is 0 Å². The van der Waals surface area contributed by atoms with Gasteiger partial charge in [-0.1, -0.05) is 24.3 Å². The predicted octanol–water partition coefficient (Wildman–Crippen LogP) is 4.73. The van der Waals surface area contributed by atoms with Crippen molar-refractivity contribution in [2.45, 2.75) is 13.8 Å². The van der Waals surface area contributed by atoms with Crippen LogP contribution in [0.2, 0.25) is 0 Å². The fourth-order valence-corrected chi connectivity index (χ4v) is 3.88. The maximum atomic E-state index is 13.7. The van der Waals surface area contributed by atoms with Crippen LogP contribution in [0.25, 0.3) is 5.57 Å². The molecule has 0 aromatic heterocycles. The van der Waals surface area contributed by atoms with E-state index in [0.29, 0.717) is 34.2 Å². The van der Waals surface area contributed by atoms with E-state index in [4.69, 9.17) is 14.2 Å². The molecule has 7 nitrogen and oxygen atoms in total. The van der Waals surface area contributed by atoms with E-state index in [0.717, 1.165) is 11.1 Å². The van der Waals surface area contributed by atoms with Gasteiger partial charge in [0.25, 0.3) is 11.8 Å². The Morgan fingerprint density at radius 3 is 2.15 bits per heavy atom. The van der Waals surface area contributed by atoms with Gasteiger partial charge in [0.1, 0.15) is 22.9 Å². The summed E-state index contributed by atoms with van der Waals surface area (Å²) in [6.45, 7) is 3.92. The summed E-state index contributed by atoms with van der Waals surface area (Å²) in [5.41, 5.74) is 3.95. The van der Waals surface area contributed by atoms with Crippen molar-refractivity contribution in [3.05, 3.63) is 83.1 Å². The predicted molar refractivity (Wildman–Crippen MR) is 131 cm³/mol. The van der Waals surface area contributed by atoms with E-state index in [1.165, 1.54) is 19.1 Å². The van der Waals surface area contributed by atoms with Crippen LogP contribution in [-0.4, -0.2) is 33.1 Å². The molecule has 0 saturated carbocycles. The molecule has 0 atom stereocenters. The minimum atomic E-state index is -0.466. The first-order valence-corrected chi connectivity index (χ1v) is 10.7. The average Bonchev–Trinajstić information content (AvgIpc) is 3.09. The zero-order chi connectivity index (χ0) is 24.4. The molecule has 1 aliphatic heterocycles. The van der Waals surface area contributed by atoms with Crippen LogP contribution in [0.4, 0.5) is 11.4 Å². The Hall–Kier alpha value is -4.26. The van der Waals surface area contributed by atoms with Gasteiger partial charge in [0.2, 0.25) is 0 Å². The van der Waals surface area contributed by atoms with Crippen molar-refractivity contribution in [2.75, 3.05) is 31.5 Å². The number of hydrogen-bond acceptors (Lipinski definition) is 6. The molecule has 0 saturated heterocycles. The van der Waals surface area contributed by atoms with Crippen LogP contribution < -0.4 is 24.4 Å². The second-order valence-corrected chi connectivity index (χ2v) is 7.86. The largest absolute Gasteiger partial charge is 0.497 e. The van der Waals surface area contributed by atoms with Gasteiger partial charge in [-0.2, -0.15) is 0 Å². The van der Waals surface area contributed by atoms with Crippen LogP contribution >= 0.6 is 0 Å². The minimum absolute atomic E-state index is 0.135. The van der Waals surface area contributed by atoms with Gasteiger partial charge < -0.3 is 19.5 Å². The van der Waals surface area contributed by atoms with Crippen LogP contribution in [0.1, 0.15) is 16.7 Å². The second-order valence-electron chi connectivity index (χ2n) is 7.86. The second kappa shape index (κ2) is 9.31. The van der Waals surface area contributed by atoms with E-state index in [9.17, 15) is 9.59 Å². The van der Waals surface area contributed by atoms with Crippen molar-refractivity contribution < 1.29 is 23.8 Å². The molecule has 1 aliphatic rings. The highest BCUT2D eigenvalue weighted by molar-refractivity contribution is 6.46. The number of carbonyl (C=O) groups excluding carboxylic acids is 2. The van der Waals surface area contributed by atoms with Crippen LogP contribution in [0, 0.1) is 13.8 Å². The number of nitrogens with zero attached hydrogens (tertiary/aromatic N) is 1. The molecule has 174 valence electrons. The molecule has 0 unspecified atom stereocenters. The Balaban J connectivity index is 1.88. The molecule has 3 aromatic carbocycles. The maximum absolute atomic E-state index is 13.7. The number of amides is 2. The van der Waals surface area contributed by atoms with Gasteiger partial charge in [-0.15, -0.1) is 0 Å². The standard InChI is InChI=1S/C27H26N2O5/c1-16-10-11-18(14-17(16)2)29-26(30)24(20-8-6-7-9-22(20)33-4)25(27(29)31)28-21-13-12-19(32-3)15-23(21)34-5/h6-15,28H,1-5H3. The van der Waals surface area contributed by atoms with Gasteiger partial charge in [0.05, 0.1) is 38.3 Å². The van der Waals surface area contributed by atoms with Gasteiger partial charge in [0, 0.05) is 11.6 Å². The number of nitrogens with one attached hydrogen (secondary N) is 1. The summed E-state index contributed by atoms with van der Waals surface area (Å²) in [7, 11) is 4.62. The number of imide groups is 1. The Kier molecular flexibility index (Phi) is 6.27. The fourth-order valence-electron chi connectivity index (χ4n) is 3.88. The number of aryl methyl sites for hydroxylation is 2. The summed E-state index contributed by atoms with van der Waals surface area (Å²) < 4.78 is 16.3. The highest BCUT2D eigenvalue weighted by Gasteiger charge is 2.41. The fraction of sp³-hybridized carbons (Fsp3) is 0.185. The normalized spacial score (nSPS) is 13.4. The van der Waals surface area contributed by atoms with Crippen molar-refractivity contribution in [3.8, 4) is 17.2 Å². The summed E-state index contributed by atoms with van der Waals surface area (Å²) in [6.07, 6.45) is 0. The number of ether oxygens (including phenoxy) is 3. The lowest BCUT2D eigenvalue weighted by atomic mass is 10.0. The summed E-state index contributed by atoms with van der Waals surface area (Å²) in [5, 5.41) is 3.15. The number of carbonyl (C=O) groups is 2. The smallest absolute Gasteiger partial charge is 0.282 e. The van der Waals surface area contributed by atoms with Crippen molar-refractivity contribution in [1.29, 1.82) is 0 Å². The number of para-hydroxylation sites is 1. The molecule has 0 radical (unpaired) electrons. The number of benzene rings is 3. The molecule has 0 spiro atoms. The van der Waals surface area contributed by atoms with Gasteiger partial charge in [-0.25, -0.2) is 4.90 Å². The van der Waals surface area contributed by atoms with Crippen LogP contribution in [0.3, 0.4) is 0 Å². The molecule has 7 heteroatoms. The Morgan fingerprint density at radius 2 is 1.47 bits per heavy atom. The average molecular weight is 459 g/mol. The maximum Gasteiger partial charge on any atom is 0.282 e. The van der Waals surface area contributed by atoms with Crippen LogP contribution in [-0.2, 0) is 9.59 Å². The number of methoxy groups -OCH3 is 3. The van der Waals surface area contributed by atoms with Gasteiger partial charge in [-0.3, -0.25) is 9.59 Å². The van der Waals surface area contributed by atoms with E-state index in [-0.39, 0.29) is 11.3 Å². The third kappa shape index (κ3) is 3.96. The Morgan fingerprint density at radius 1 is 0.735 bits per heavy atom. The molecule has 0 fully saturated rings.